The van der Waals surface area contributed by atoms with E-state index in [0.717, 1.165) is 24.9 Å². The third-order valence-corrected chi connectivity index (χ3v) is 7.02. The van der Waals surface area contributed by atoms with Gasteiger partial charge in [-0.15, -0.1) is 12.4 Å². The van der Waals surface area contributed by atoms with Gasteiger partial charge in [0.05, 0.1) is 6.04 Å². The molecule has 3 aliphatic rings. The molecule has 1 aromatic carbocycles. The minimum atomic E-state index is -0.0909. The molecule has 1 saturated heterocycles. The van der Waals surface area contributed by atoms with E-state index >= 15 is 0 Å². The van der Waals surface area contributed by atoms with Gasteiger partial charge in [-0.25, -0.2) is 0 Å². The molecule has 6 heteroatoms. The van der Waals surface area contributed by atoms with Gasteiger partial charge in [-0.2, -0.15) is 0 Å². The van der Waals surface area contributed by atoms with E-state index in [9.17, 15) is 9.59 Å². The number of nitrogens with one attached hydrogen (secondary N) is 2. The maximum Gasteiger partial charge on any atom is 0.253 e. The highest BCUT2D eigenvalue weighted by atomic mass is 35.5. The minimum Gasteiger partial charge on any atom is -0.339 e. The van der Waals surface area contributed by atoms with Crippen molar-refractivity contribution in [2.45, 2.75) is 82.3 Å². The normalized spacial score (nSPS) is 26.9. The molecule has 0 bridgehead atoms. The quantitative estimate of drug-likeness (QED) is 0.761. The first kappa shape index (κ1) is 22.1. The number of amides is 2. The molecule has 3 atom stereocenters. The van der Waals surface area contributed by atoms with E-state index in [-0.39, 0.29) is 30.3 Å². The van der Waals surface area contributed by atoms with Crippen LogP contribution in [0.3, 0.4) is 0 Å². The molecular weight excluding hydrogens is 386 g/mol. The smallest absolute Gasteiger partial charge is 0.253 e. The van der Waals surface area contributed by atoms with Crippen molar-refractivity contribution in [2.75, 3.05) is 12.4 Å². The summed E-state index contributed by atoms with van der Waals surface area (Å²) in [5, 5.41) is 6.55. The minimum absolute atomic E-state index is 0. The topological polar surface area (TPSA) is 61.4 Å². The van der Waals surface area contributed by atoms with Crippen molar-refractivity contribution in [3.05, 3.63) is 29.8 Å². The van der Waals surface area contributed by atoms with Crippen LogP contribution >= 0.6 is 12.4 Å². The van der Waals surface area contributed by atoms with Gasteiger partial charge in [-0.05, 0) is 62.3 Å². The predicted octanol–water partition coefficient (Wildman–Crippen LogP) is 4.37. The fourth-order valence-electron chi connectivity index (χ4n) is 5.28. The van der Waals surface area contributed by atoms with Crippen molar-refractivity contribution in [1.29, 1.82) is 0 Å². The Morgan fingerprint density at radius 1 is 0.966 bits per heavy atom. The molecule has 1 heterocycles. The van der Waals surface area contributed by atoms with Crippen LogP contribution in [-0.2, 0) is 4.79 Å². The number of rotatable bonds is 4. The summed E-state index contributed by atoms with van der Waals surface area (Å²) >= 11 is 0. The van der Waals surface area contributed by atoms with E-state index < -0.39 is 0 Å². The first-order chi connectivity index (χ1) is 13.6. The van der Waals surface area contributed by atoms with Crippen molar-refractivity contribution in [3.8, 4) is 0 Å². The molecule has 2 amide bonds. The maximum absolute atomic E-state index is 12.8. The van der Waals surface area contributed by atoms with Gasteiger partial charge in [-0.3, -0.25) is 9.59 Å². The summed E-state index contributed by atoms with van der Waals surface area (Å²) < 4.78 is 0. The molecule has 3 fully saturated rings. The number of anilines is 1. The number of benzene rings is 1. The van der Waals surface area contributed by atoms with Crippen LogP contribution in [0.5, 0.6) is 0 Å². The van der Waals surface area contributed by atoms with E-state index in [2.05, 4.69) is 10.6 Å². The van der Waals surface area contributed by atoms with Crippen LogP contribution < -0.4 is 10.6 Å². The van der Waals surface area contributed by atoms with Crippen LogP contribution in [0, 0.1) is 5.92 Å². The zero-order valence-corrected chi connectivity index (χ0v) is 18.2. The summed E-state index contributed by atoms with van der Waals surface area (Å²) in [5.41, 5.74) is 1.45. The van der Waals surface area contributed by atoms with Crippen LogP contribution in [0.4, 0.5) is 5.69 Å². The largest absolute Gasteiger partial charge is 0.339 e. The Morgan fingerprint density at radius 2 is 1.62 bits per heavy atom. The second kappa shape index (κ2) is 9.94. The molecule has 1 aromatic rings. The molecule has 2 N–H and O–H groups in total. The number of hydrogen-bond donors (Lipinski definition) is 2. The van der Waals surface area contributed by atoms with Crippen molar-refractivity contribution in [3.63, 3.8) is 0 Å². The van der Waals surface area contributed by atoms with Crippen molar-refractivity contribution in [1.82, 2.24) is 10.2 Å². The average Bonchev–Trinajstić information content (AvgIpc) is 3.18. The SMILES string of the molecule is CN(C(=O)c1ccc(NC(=O)C2CC3CCCCC3N2)cc1)C1CCCCC1.Cl. The zero-order chi connectivity index (χ0) is 19.5. The van der Waals surface area contributed by atoms with E-state index in [0.29, 0.717) is 23.6 Å². The fourth-order valence-corrected chi connectivity index (χ4v) is 5.28. The molecular formula is C23H34ClN3O2. The second-order valence-electron chi connectivity index (χ2n) is 8.88. The Bertz CT molecular complexity index is 689. The van der Waals surface area contributed by atoms with Crippen molar-refractivity contribution < 1.29 is 9.59 Å². The molecule has 3 unspecified atom stereocenters. The number of nitrogens with zero attached hydrogens (tertiary/aromatic N) is 1. The highest BCUT2D eigenvalue weighted by molar-refractivity contribution is 5.97. The third kappa shape index (κ3) is 5.13. The van der Waals surface area contributed by atoms with Gasteiger partial charge < -0.3 is 15.5 Å². The van der Waals surface area contributed by atoms with Gasteiger partial charge >= 0.3 is 0 Å². The summed E-state index contributed by atoms with van der Waals surface area (Å²) in [6, 6.07) is 8.14. The summed E-state index contributed by atoms with van der Waals surface area (Å²) in [5.74, 6) is 0.777. The van der Waals surface area contributed by atoms with Gasteiger partial charge in [0.1, 0.15) is 0 Å². The zero-order valence-electron chi connectivity index (χ0n) is 17.4. The number of carbonyl (C=O) groups excluding carboxylic acids is 2. The monoisotopic (exact) mass is 419 g/mol. The van der Waals surface area contributed by atoms with Crippen molar-refractivity contribution in [2.24, 2.45) is 5.92 Å². The summed E-state index contributed by atoms with van der Waals surface area (Å²) in [4.78, 5) is 27.3. The van der Waals surface area contributed by atoms with Gasteiger partial charge in [-0.1, -0.05) is 32.1 Å². The highest BCUT2D eigenvalue weighted by Crippen LogP contribution is 2.33. The summed E-state index contributed by atoms with van der Waals surface area (Å²) in [6.07, 6.45) is 11.9. The lowest BCUT2D eigenvalue weighted by Crippen LogP contribution is -2.40. The maximum atomic E-state index is 12.8. The van der Waals surface area contributed by atoms with Gasteiger partial charge in [0.25, 0.3) is 5.91 Å². The number of carbonyl (C=O) groups is 2. The molecule has 2 aliphatic carbocycles. The Hall–Kier alpha value is -1.59. The molecule has 1 aliphatic heterocycles. The lowest BCUT2D eigenvalue weighted by atomic mass is 9.85. The second-order valence-corrected chi connectivity index (χ2v) is 8.88. The standard InChI is InChI=1S/C23H33N3O2.ClH/c1-26(19-8-3-2-4-9-19)23(28)16-11-13-18(14-12-16)24-22(27)21-15-17-7-5-6-10-20(17)25-21;/h11-14,17,19-21,25H,2-10,15H2,1H3,(H,24,27);1H. The average molecular weight is 420 g/mol. The van der Waals surface area contributed by atoms with E-state index in [1.807, 2.05) is 36.2 Å². The van der Waals surface area contributed by atoms with E-state index in [1.165, 1.54) is 44.9 Å². The van der Waals surface area contributed by atoms with Gasteiger partial charge in [0.15, 0.2) is 0 Å². The molecule has 0 aromatic heterocycles. The molecule has 29 heavy (non-hydrogen) atoms. The van der Waals surface area contributed by atoms with E-state index in [4.69, 9.17) is 0 Å². The van der Waals surface area contributed by atoms with E-state index in [1.54, 1.807) is 0 Å². The molecule has 4 rings (SSSR count). The molecule has 0 spiro atoms. The first-order valence-corrected chi connectivity index (χ1v) is 11.1. The number of halogens is 1. The van der Waals surface area contributed by atoms with Gasteiger partial charge in [0, 0.05) is 30.4 Å². The Kier molecular flexibility index (Phi) is 7.58. The van der Waals surface area contributed by atoms with Crippen LogP contribution in [-0.4, -0.2) is 41.9 Å². The lowest BCUT2D eigenvalue weighted by molar-refractivity contribution is -0.117. The van der Waals surface area contributed by atoms with Crippen LogP contribution in [0.2, 0.25) is 0 Å². The number of fused-ring (bicyclic) bond motifs is 1. The third-order valence-electron chi connectivity index (χ3n) is 7.02. The van der Waals surface area contributed by atoms with Crippen LogP contribution in [0.25, 0.3) is 0 Å². The van der Waals surface area contributed by atoms with Crippen molar-refractivity contribution >= 4 is 29.9 Å². The predicted molar refractivity (Wildman–Crippen MR) is 119 cm³/mol. The highest BCUT2D eigenvalue weighted by Gasteiger charge is 2.38. The van der Waals surface area contributed by atoms with Gasteiger partial charge in [0.2, 0.25) is 5.91 Å². The Balaban J connectivity index is 0.00000240. The molecule has 2 saturated carbocycles. The fraction of sp³-hybridized carbons (Fsp3) is 0.652. The summed E-state index contributed by atoms with van der Waals surface area (Å²) in [7, 11) is 1.92. The molecule has 0 radical (unpaired) electrons. The Labute approximate surface area is 180 Å². The molecule has 5 nitrogen and oxygen atoms in total. The lowest BCUT2D eigenvalue weighted by Gasteiger charge is -2.31. The number of hydrogen-bond acceptors (Lipinski definition) is 3. The Morgan fingerprint density at radius 3 is 2.31 bits per heavy atom. The first-order valence-electron chi connectivity index (χ1n) is 11.1. The van der Waals surface area contributed by atoms with Crippen LogP contribution in [0.15, 0.2) is 24.3 Å². The summed E-state index contributed by atoms with van der Waals surface area (Å²) in [6.45, 7) is 0. The molecule has 160 valence electrons. The van der Waals surface area contributed by atoms with Crippen LogP contribution in [0.1, 0.15) is 74.6 Å².